The molecule has 1 heterocycles. The first-order chi connectivity index (χ1) is 9.76. The highest BCUT2D eigenvalue weighted by molar-refractivity contribution is 7.09. The minimum Gasteiger partial charge on any atom is -0.316 e. The molecule has 0 saturated heterocycles. The first-order valence-corrected chi connectivity index (χ1v) is 8.23. The van der Waals surface area contributed by atoms with Crippen molar-refractivity contribution in [3.05, 3.63) is 52.5 Å². The van der Waals surface area contributed by atoms with Crippen LogP contribution in [0.2, 0.25) is 0 Å². The van der Waals surface area contributed by atoms with Crippen LogP contribution in [0.3, 0.4) is 0 Å². The van der Waals surface area contributed by atoms with Gasteiger partial charge in [0.1, 0.15) is 0 Å². The molecular weight excluding hydrogens is 264 g/mol. The highest BCUT2D eigenvalue weighted by Gasteiger charge is 2.26. The minimum absolute atomic E-state index is 0.452. The van der Waals surface area contributed by atoms with Crippen LogP contribution in [0, 0.1) is 5.92 Å². The van der Waals surface area contributed by atoms with Crippen LogP contribution in [0.5, 0.6) is 0 Å². The molecule has 0 fully saturated rings. The molecule has 0 radical (unpaired) electrons. The number of benzene rings is 1. The van der Waals surface area contributed by atoms with Crippen LogP contribution in [0.15, 0.2) is 42.0 Å². The maximum Gasteiger partial charge on any atom is 0.0794 e. The third kappa shape index (κ3) is 3.68. The van der Waals surface area contributed by atoms with Gasteiger partial charge in [0.15, 0.2) is 0 Å². The van der Waals surface area contributed by atoms with E-state index in [1.54, 1.807) is 11.3 Å². The zero-order chi connectivity index (χ0) is 14.4. The SMILES string of the molecule is CCC(C)C(c1ccccc1)C(Cc1cncs1)NC. The molecule has 0 bridgehead atoms. The summed E-state index contributed by atoms with van der Waals surface area (Å²) in [4.78, 5) is 5.55. The van der Waals surface area contributed by atoms with Crippen molar-refractivity contribution in [3.63, 3.8) is 0 Å². The van der Waals surface area contributed by atoms with Crippen LogP contribution >= 0.6 is 11.3 Å². The second-order valence-electron chi connectivity index (χ2n) is 5.39. The molecule has 20 heavy (non-hydrogen) atoms. The van der Waals surface area contributed by atoms with Crippen LogP contribution in [0.4, 0.5) is 0 Å². The van der Waals surface area contributed by atoms with Gasteiger partial charge in [0.25, 0.3) is 0 Å². The molecule has 1 N–H and O–H groups in total. The van der Waals surface area contributed by atoms with Crippen molar-refractivity contribution in [1.82, 2.24) is 10.3 Å². The number of likely N-dealkylation sites (N-methyl/N-ethyl adjacent to an activating group) is 1. The van der Waals surface area contributed by atoms with E-state index in [1.165, 1.54) is 16.9 Å². The molecule has 3 unspecified atom stereocenters. The van der Waals surface area contributed by atoms with Gasteiger partial charge in [-0.15, -0.1) is 11.3 Å². The van der Waals surface area contributed by atoms with Crippen LogP contribution in [0.25, 0.3) is 0 Å². The summed E-state index contributed by atoms with van der Waals surface area (Å²) in [7, 11) is 2.07. The Morgan fingerprint density at radius 1 is 1.25 bits per heavy atom. The molecule has 0 spiro atoms. The van der Waals surface area contributed by atoms with Crippen molar-refractivity contribution in [1.29, 1.82) is 0 Å². The lowest BCUT2D eigenvalue weighted by molar-refractivity contribution is 0.347. The van der Waals surface area contributed by atoms with E-state index >= 15 is 0 Å². The smallest absolute Gasteiger partial charge is 0.0794 e. The van der Waals surface area contributed by atoms with E-state index in [4.69, 9.17) is 0 Å². The third-order valence-electron chi connectivity index (χ3n) is 4.15. The van der Waals surface area contributed by atoms with E-state index in [0.29, 0.717) is 17.9 Å². The fourth-order valence-electron chi connectivity index (χ4n) is 2.85. The summed E-state index contributed by atoms with van der Waals surface area (Å²) in [6.45, 7) is 4.63. The van der Waals surface area contributed by atoms with Gasteiger partial charge in [-0.05, 0) is 24.9 Å². The Balaban J connectivity index is 2.24. The molecular formula is C17H24N2S. The first kappa shape index (κ1) is 15.2. The molecule has 2 aromatic rings. The van der Waals surface area contributed by atoms with Gasteiger partial charge in [-0.25, -0.2) is 0 Å². The Hall–Kier alpha value is -1.19. The van der Waals surface area contributed by atoms with E-state index in [0.717, 1.165) is 6.42 Å². The van der Waals surface area contributed by atoms with Gasteiger partial charge >= 0.3 is 0 Å². The average Bonchev–Trinajstić information content (AvgIpc) is 3.00. The second kappa shape index (κ2) is 7.55. The topological polar surface area (TPSA) is 24.9 Å². The van der Waals surface area contributed by atoms with Gasteiger partial charge in [-0.2, -0.15) is 0 Å². The summed E-state index contributed by atoms with van der Waals surface area (Å²) >= 11 is 1.75. The van der Waals surface area contributed by atoms with Crippen molar-refractivity contribution >= 4 is 11.3 Å². The summed E-state index contributed by atoms with van der Waals surface area (Å²) in [5.41, 5.74) is 3.36. The molecule has 0 amide bonds. The van der Waals surface area contributed by atoms with Crippen LogP contribution < -0.4 is 5.32 Å². The van der Waals surface area contributed by atoms with Crippen molar-refractivity contribution in [2.75, 3.05) is 7.05 Å². The molecule has 1 aromatic carbocycles. The molecule has 0 aliphatic rings. The van der Waals surface area contributed by atoms with Gasteiger partial charge in [-0.1, -0.05) is 50.6 Å². The van der Waals surface area contributed by atoms with Crippen LogP contribution in [-0.4, -0.2) is 18.1 Å². The molecule has 2 rings (SSSR count). The van der Waals surface area contributed by atoms with E-state index in [-0.39, 0.29) is 0 Å². The zero-order valence-corrected chi connectivity index (χ0v) is 13.4. The molecule has 1 aromatic heterocycles. The largest absolute Gasteiger partial charge is 0.316 e. The van der Waals surface area contributed by atoms with E-state index < -0.39 is 0 Å². The van der Waals surface area contributed by atoms with Crippen LogP contribution in [-0.2, 0) is 6.42 Å². The number of hydrogen-bond acceptors (Lipinski definition) is 3. The van der Waals surface area contributed by atoms with E-state index in [2.05, 4.69) is 61.5 Å². The Morgan fingerprint density at radius 2 is 2.00 bits per heavy atom. The summed E-state index contributed by atoms with van der Waals surface area (Å²) in [5.74, 6) is 1.19. The van der Waals surface area contributed by atoms with Gasteiger partial charge in [0.05, 0.1) is 5.51 Å². The van der Waals surface area contributed by atoms with E-state index in [9.17, 15) is 0 Å². The van der Waals surface area contributed by atoms with Crippen molar-refractivity contribution in [3.8, 4) is 0 Å². The van der Waals surface area contributed by atoms with Crippen molar-refractivity contribution < 1.29 is 0 Å². The molecule has 3 heteroatoms. The molecule has 0 aliphatic carbocycles. The summed E-state index contributed by atoms with van der Waals surface area (Å²) in [5, 5.41) is 3.53. The summed E-state index contributed by atoms with van der Waals surface area (Å²) in [6.07, 6.45) is 4.24. The molecule has 3 atom stereocenters. The number of nitrogens with one attached hydrogen (secondary N) is 1. The van der Waals surface area contributed by atoms with Gasteiger partial charge in [0, 0.05) is 23.0 Å². The predicted molar refractivity (Wildman–Crippen MR) is 87.3 cm³/mol. The maximum atomic E-state index is 4.20. The standard InChI is InChI=1S/C17H24N2S/c1-4-13(2)17(14-8-6-5-7-9-14)16(18-3)10-15-11-19-12-20-15/h5-9,11-13,16-18H,4,10H2,1-3H3. The average molecular weight is 288 g/mol. The fraction of sp³-hybridized carbons (Fsp3) is 0.471. The lowest BCUT2D eigenvalue weighted by Crippen LogP contribution is -2.37. The Bertz CT molecular complexity index is 481. The normalized spacial score (nSPS) is 15.8. The summed E-state index contributed by atoms with van der Waals surface area (Å²) < 4.78 is 0. The summed E-state index contributed by atoms with van der Waals surface area (Å²) in [6, 6.07) is 11.3. The molecule has 108 valence electrons. The monoisotopic (exact) mass is 288 g/mol. The quantitative estimate of drug-likeness (QED) is 0.829. The first-order valence-electron chi connectivity index (χ1n) is 7.35. The number of rotatable bonds is 7. The maximum absolute atomic E-state index is 4.20. The molecule has 0 aliphatic heterocycles. The second-order valence-corrected chi connectivity index (χ2v) is 6.36. The number of hydrogen-bond donors (Lipinski definition) is 1. The predicted octanol–water partition coefficient (Wildman–Crippen LogP) is 4.10. The number of aromatic nitrogens is 1. The zero-order valence-electron chi connectivity index (χ0n) is 12.5. The van der Waals surface area contributed by atoms with E-state index in [1.807, 2.05) is 11.7 Å². The third-order valence-corrected chi connectivity index (χ3v) is 4.95. The molecule has 2 nitrogen and oxygen atoms in total. The Morgan fingerprint density at radius 3 is 2.55 bits per heavy atom. The number of thiazole rings is 1. The highest BCUT2D eigenvalue weighted by Crippen LogP contribution is 2.32. The Kier molecular flexibility index (Phi) is 5.74. The van der Waals surface area contributed by atoms with Crippen LogP contribution in [0.1, 0.15) is 36.6 Å². The fourth-order valence-corrected chi connectivity index (χ4v) is 3.51. The molecule has 0 saturated carbocycles. The minimum atomic E-state index is 0.452. The highest BCUT2D eigenvalue weighted by atomic mass is 32.1. The van der Waals surface area contributed by atoms with Gasteiger partial charge < -0.3 is 5.32 Å². The van der Waals surface area contributed by atoms with Crippen molar-refractivity contribution in [2.24, 2.45) is 5.92 Å². The lowest BCUT2D eigenvalue weighted by atomic mass is 9.79. The van der Waals surface area contributed by atoms with Crippen molar-refractivity contribution in [2.45, 2.75) is 38.6 Å². The Labute approximate surface area is 126 Å². The lowest BCUT2D eigenvalue weighted by Gasteiger charge is -2.31. The number of nitrogens with zero attached hydrogens (tertiary/aromatic N) is 1. The van der Waals surface area contributed by atoms with Gasteiger partial charge in [0.2, 0.25) is 0 Å². The van der Waals surface area contributed by atoms with Gasteiger partial charge in [-0.3, -0.25) is 4.98 Å².